The highest BCUT2D eigenvalue weighted by Crippen LogP contribution is 2.32. The molecule has 1 saturated heterocycles. The summed E-state index contributed by atoms with van der Waals surface area (Å²) in [5.74, 6) is 2.67. The standard InChI is InChI=1S/C22H20N2/c1-2-17-10-12-18(13-11-17)21-16-22(24-14-6-3-7-15-24)19-8-4-5-9-20(19)23-21/h1,4-5,8-13,16H,3,6-7,14-15H2. The number of piperidine rings is 1. The van der Waals surface area contributed by atoms with Crippen LogP contribution in [0.1, 0.15) is 24.8 Å². The summed E-state index contributed by atoms with van der Waals surface area (Å²) in [4.78, 5) is 7.38. The van der Waals surface area contributed by atoms with Crippen molar-refractivity contribution >= 4 is 16.6 Å². The van der Waals surface area contributed by atoms with Crippen molar-refractivity contribution in [1.82, 2.24) is 4.98 Å². The molecule has 0 N–H and O–H groups in total. The Morgan fingerprint density at radius 2 is 1.67 bits per heavy atom. The number of hydrogen-bond acceptors (Lipinski definition) is 2. The molecule has 0 unspecified atom stereocenters. The number of fused-ring (bicyclic) bond motifs is 1. The number of aromatic nitrogens is 1. The van der Waals surface area contributed by atoms with Crippen LogP contribution in [0.25, 0.3) is 22.2 Å². The summed E-state index contributed by atoms with van der Waals surface area (Å²) in [5, 5.41) is 1.24. The van der Waals surface area contributed by atoms with Crippen LogP contribution < -0.4 is 4.90 Å². The molecule has 118 valence electrons. The highest BCUT2D eigenvalue weighted by atomic mass is 15.1. The Morgan fingerprint density at radius 1 is 0.917 bits per heavy atom. The van der Waals surface area contributed by atoms with E-state index in [0.717, 1.165) is 35.4 Å². The summed E-state index contributed by atoms with van der Waals surface area (Å²) < 4.78 is 0. The summed E-state index contributed by atoms with van der Waals surface area (Å²) in [7, 11) is 0. The van der Waals surface area contributed by atoms with Crippen LogP contribution in [0.2, 0.25) is 0 Å². The maximum atomic E-state index is 5.46. The minimum absolute atomic E-state index is 0.899. The number of para-hydroxylation sites is 1. The van der Waals surface area contributed by atoms with Gasteiger partial charge in [-0.05, 0) is 43.5 Å². The van der Waals surface area contributed by atoms with Crippen LogP contribution in [0.4, 0.5) is 5.69 Å². The van der Waals surface area contributed by atoms with Gasteiger partial charge in [0.2, 0.25) is 0 Å². The average Bonchev–Trinajstić information content (AvgIpc) is 2.68. The van der Waals surface area contributed by atoms with Gasteiger partial charge in [0.15, 0.2) is 0 Å². The number of terminal acetylenes is 1. The van der Waals surface area contributed by atoms with E-state index in [1.807, 2.05) is 12.1 Å². The fraction of sp³-hybridized carbons (Fsp3) is 0.227. The molecule has 1 aliphatic heterocycles. The van der Waals surface area contributed by atoms with E-state index >= 15 is 0 Å². The third kappa shape index (κ3) is 2.74. The molecule has 0 aliphatic carbocycles. The lowest BCUT2D eigenvalue weighted by molar-refractivity contribution is 0.579. The molecule has 0 bridgehead atoms. The van der Waals surface area contributed by atoms with E-state index in [4.69, 9.17) is 11.4 Å². The summed E-state index contributed by atoms with van der Waals surface area (Å²) in [6.45, 7) is 2.26. The smallest absolute Gasteiger partial charge is 0.0730 e. The first-order chi connectivity index (χ1) is 11.8. The van der Waals surface area contributed by atoms with Gasteiger partial charge in [-0.3, -0.25) is 0 Å². The zero-order valence-corrected chi connectivity index (χ0v) is 13.7. The Labute approximate surface area is 143 Å². The highest BCUT2D eigenvalue weighted by Gasteiger charge is 2.15. The van der Waals surface area contributed by atoms with Crippen molar-refractivity contribution in [3.05, 3.63) is 60.2 Å². The summed E-state index contributed by atoms with van der Waals surface area (Å²) >= 11 is 0. The Kier molecular flexibility index (Phi) is 3.92. The maximum Gasteiger partial charge on any atom is 0.0730 e. The predicted molar refractivity (Wildman–Crippen MR) is 101 cm³/mol. The van der Waals surface area contributed by atoms with Crippen molar-refractivity contribution in [2.75, 3.05) is 18.0 Å². The van der Waals surface area contributed by atoms with Gasteiger partial charge in [-0.2, -0.15) is 0 Å². The van der Waals surface area contributed by atoms with E-state index < -0.39 is 0 Å². The maximum absolute atomic E-state index is 5.46. The Bertz CT molecular complexity index is 897. The van der Waals surface area contributed by atoms with Crippen LogP contribution >= 0.6 is 0 Å². The molecule has 2 nitrogen and oxygen atoms in total. The van der Waals surface area contributed by atoms with Gasteiger partial charge in [0.25, 0.3) is 0 Å². The van der Waals surface area contributed by atoms with Gasteiger partial charge in [0, 0.05) is 35.3 Å². The van der Waals surface area contributed by atoms with Crippen molar-refractivity contribution in [2.45, 2.75) is 19.3 Å². The van der Waals surface area contributed by atoms with Gasteiger partial charge in [-0.15, -0.1) is 6.42 Å². The second kappa shape index (κ2) is 6.37. The molecule has 3 aromatic rings. The molecule has 1 aromatic heterocycles. The second-order valence-corrected chi connectivity index (χ2v) is 6.31. The number of anilines is 1. The predicted octanol–water partition coefficient (Wildman–Crippen LogP) is 4.87. The first-order valence-electron chi connectivity index (χ1n) is 8.57. The topological polar surface area (TPSA) is 16.1 Å². The molecular formula is C22H20N2. The first kappa shape index (κ1) is 14.8. The molecule has 0 atom stereocenters. The number of nitrogens with zero attached hydrogens (tertiary/aromatic N) is 2. The Balaban J connectivity index is 1.85. The van der Waals surface area contributed by atoms with Crippen molar-refractivity contribution in [1.29, 1.82) is 0 Å². The van der Waals surface area contributed by atoms with E-state index in [-0.39, 0.29) is 0 Å². The van der Waals surface area contributed by atoms with Crippen LogP contribution in [-0.4, -0.2) is 18.1 Å². The van der Waals surface area contributed by atoms with Crippen LogP contribution in [0, 0.1) is 12.3 Å². The normalized spacial score (nSPS) is 14.5. The fourth-order valence-electron chi connectivity index (χ4n) is 3.44. The molecule has 24 heavy (non-hydrogen) atoms. The number of rotatable bonds is 2. The zero-order valence-electron chi connectivity index (χ0n) is 13.7. The summed E-state index contributed by atoms with van der Waals surface area (Å²) in [5.41, 5.74) is 5.37. The number of hydrogen-bond donors (Lipinski definition) is 0. The lowest BCUT2D eigenvalue weighted by atomic mass is 10.0. The molecule has 0 spiro atoms. The van der Waals surface area contributed by atoms with Crippen molar-refractivity contribution < 1.29 is 0 Å². The third-order valence-electron chi connectivity index (χ3n) is 4.74. The molecule has 2 heteroatoms. The third-order valence-corrected chi connectivity index (χ3v) is 4.74. The molecule has 2 aromatic carbocycles. The van der Waals surface area contributed by atoms with Crippen LogP contribution in [0.3, 0.4) is 0 Å². The quantitative estimate of drug-likeness (QED) is 0.627. The summed E-state index contributed by atoms with van der Waals surface area (Å²) in [6.07, 6.45) is 9.33. The first-order valence-corrected chi connectivity index (χ1v) is 8.57. The molecular weight excluding hydrogens is 292 g/mol. The van der Waals surface area contributed by atoms with Crippen LogP contribution in [0.5, 0.6) is 0 Å². The molecule has 4 rings (SSSR count). The van der Waals surface area contributed by atoms with Crippen molar-refractivity contribution in [2.24, 2.45) is 0 Å². The minimum Gasteiger partial charge on any atom is -0.371 e. The van der Waals surface area contributed by atoms with E-state index in [1.165, 1.54) is 30.3 Å². The van der Waals surface area contributed by atoms with Crippen LogP contribution in [0.15, 0.2) is 54.6 Å². The molecule has 1 aliphatic rings. The Morgan fingerprint density at radius 3 is 2.42 bits per heavy atom. The molecule has 0 radical (unpaired) electrons. The number of benzene rings is 2. The fourth-order valence-corrected chi connectivity index (χ4v) is 3.44. The van der Waals surface area contributed by atoms with E-state index in [0.29, 0.717) is 0 Å². The second-order valence-electron chi connectivity index (χ2n) is 6.31. The van der Waals surface area contributed by atoms with E-state index in [9.17, 15) is 0 Å². The van der Waals surface area contributed by atoms with Gasteiger partial charge >= 0.3 is 0 Å². The monoisotopic (exact) mass is 312 g/mol. The van der Waals surface area contributed by atoms with Gasteiger partial charge in [0.1, 0.15) is 0 Å². The Hall–Kier alpha value is -2.79. The van der Waals surface area contributed by atoms with Crippen molar-refractivity contribution in [3.8, 4) is 23.6 Å². The van der Waals surface area contributed by atoms with Gasteiger partial charge in [-0.1, -0.05) is 36.3 Å². The molecule has 0 saturated carbocycles. The van der Waals surface area contributed by atoms with E-state index in [1.54, 1.807) is 0 Å². The molecule has 1 fully saturated rings. The molecule has 2 heterocycles. The average molecular weight is 312 g/mol. The molecule has 0 amide bonds. The van der Waals surface area contributed by atoms with Crippen molar-refractivity contribution in [3.63, 3.8) is 0 Å². The van der Waals surface area contributed by atoms with Gasteiger partial charge in [-0.25, -0.2) is 4.98 Å². The number of pyridine rings is 1. The van der Waals surface area contributed by atoms with E-state index in [2.05, 4.69) is 53.3 Å². The largest absolute Gasteiger partial charge is 0.371 e. The van der Waals surface area contributed by atoms with Crippen LogP contribution in [-0.2, 0) is 0 Å². The lowest BCUT2D eigenvalue weighted by Gasteiger charge is -2.30. The lowest BCUT2D eigenvalue weighted by Crippen LogP contribution is -2.29. The summed E-state index contributed by atoms with van der Waals surface area (Å²) in [6, 6.07) is 18.7. The zero-order chi connectivity index (χ0) is 16.4. The minimum atomic E-state index is 0.899. The van der Waals surface area contributed by atoms with Gasteiger partial charge in [0.05, 0.1) is 11.2 Å². The SMILES string of the molecule is C#Cc1ccc(-c2cc(N3CCCCC3)c3ccccc3n2)cc1. The highest BCUT2D eigenvalue weighted by molar-refractivity contribution is 5.94. The van der Waals surface area contributed by atoms with Gasteiger partial charge < -0.3 is 4.90 Å².